The molecular weight excluding hydrogens is 1140 g/mol. The number of benzene rings is 6. The number of carbonyl (C=O) groups excluding carboxylic acids is 1. The van der Waals surface area contributed by atoms with Crippen molar-refractivity contribution >= 4 is 33.8 Å². The normalized spacial score (nSPS) is 13.2. The molecule has 0 aliphatic rings. The molecule has 7 aromatic rings. The van der Waals surface area contributed by atoms with Gasteiger partial charge in [0.15, 0.2) is 12.4 Å². The number of Topliss-reactive ketones (excluding diaryl/α,β-unsaturated/α-hetero) is 1. The SMILES string of the molecule is FC(F)(F)c1cc([B-](c2cc(C(F)(F)F)cc(C(F)(F)F)c2)(c2cc(C(F)(F)F)cc(C(F)(F)F)c2)c2cc(C(F)(F)F)cc(C(F)(F)F)c2)cc(C(F)(F)F)c1.O=C(C[n+]1ccnc(Cc2ccccc2F)c1)c1ccccc1. The van der Waals surface area contributed by atoms with Crippen LogP contribution in [0.4, 0.5) is 110 Å². The maximum atomic E-state index is 14.2. The fourth-order valence-electron chi connectivity index (χ4n) is 8.46. The second-order valence-electron chi connectivity index (χ2n) is 17.5. The van der Waals surface area contributed by atoms with E-state index in [9.17, 15) is 115 Å². The van der Waals surface area contributed by atoms with Crippen LogP contribution in [0.5, 0.6) is 0 Å². The molecule has 29 heteroatoms. The van der Waals surface area contributed by atoms with Gasteiger partial charge in [0.25, 0.3) is 0 Å². The van der Waals surface area contributed by atoms with Crippen LogP contribution in [-0.2, 0) is 62.4 Å². The van der Waals surface area contributed by atoms with Crippen LogP contribution in [0, 0.1) is 5.82 Å². The van der Waals surface area contributed by atoms with E-state index in [4.69, 9.17) is 0 Å². The third kappa shape index (κ3) is 14.4. The van der Waals surface area contributed by atoms with E-state index in [1.807, 2.05) is 18.2 Å². The van der Waals surface area contributed by atoms with E-state index < -0.39 is 195 Å². The minimum absolute atomic E-state index is 0.0265. The van der Waals surface area contributed by atoms with E-state index in [0.717, 1.165) is 5.69 Å². The molecule has 80 heavy (non-hydrogen) atoms. The summed E-state index contributed by atoms with van der Waals surface area (Å²) in [6.07, 6.45) is -49.3. The first-order chi connectivity index (χ1) is 36.5. The molecule has 7 rings (SSSR count). The molecule has 0 spiro atoms. The fraction of sp³-hybridized carbons (Fsp3) is 0.196. The van der Waals surface area contributed by atoms with Gasteiger partial charge < -0.3 is 0 Å². The van der Waals surface area contributed by atoms with Crippen molar-refractivity contribution in [1.82, 2.24) is 4.98 Å². The monoisotopic (exact) mass is 1170 g/mol. The fourth-order valence-corrected chi connectivity index (χ4v) is 8.46. The van der Waals surface area contributed by atoms with Crippen molar-refractivity contribution < 1.29 is 119 Å². The van der Waals surface area contributed by atoms with Gasteiger partial charge in [-0.05, 0) is 35.9 Å². The summed E-state index contributed by atoms with van der Waals surface area (Å²) in [5, 5.41) is 0. The summed E-state index contributed by atoms with van der Waals surface area (Å²) in [5.74, 6) is -0.219. The molecule has 0 N–H and O–H groups in total. The lowest BCUT2D eigenvalue weighted by Gasteiger charge is -2.46. The Labute approximate surface area is 432 Å². The van der Waals surface area contributed by atoms with Gasteiger partial charge in [0, 0.05) is 12.0 Å². The number of ketones is 1. The van der Waals surface area contributed by atoms with Gasteiger partial charge in [-0.3, -0.25) is 4.79 Å². The lowest BCUT2D eigenvalue weighted by atomic mass is 9.12. The molecule has 0 fully saturated rings. The molecule has 6 aromatic carbocycles. The summed E-state index contributed by atoms with van der Waals surface area (Å²) < 4.78 is 356. The summed E-state index contributed by atoms with van der Waals surface area (Å²) >= 11 is 0. The van der Waals surface area contributed by atoms with Crippen molar-refractivity contribution in [2.45, 2.75) is 62.4 Å². The predicted octanol–water partition coefficient (Wildman–Crippen LogP) is 14.2. The number of alkyl halides is 24. The summed E-state index contributed by atoms with van der Waals surface area (Å²) in [6.45, 7) is 0.233. The number of aromatic nitrogens is 2. The molecule has 0 amide bonds. The molecule has 3 nitrogen and oxygen atoms in total. The highest BCUT2D eigenvalue weighted by Gasteiger charge is 2.47. The molecular formula is C51H28BF25N2O. The Balaban J connectivity index is 0.000000370. The third-order valence-corrected chi connectivity index (χ3v) is 12.0. The van der Waals surface area contributed by atoms with E-state index in [0.29, 0.717) is 17.5 Å². The zero-order valence-corrected chi connectivity index (χ0v) is 39.1. The highest BCUT2D eigenvalue weighted by Crippen LogP contribution is 2.41. The largest absolute Gasteiger partial charge is 0.416 e. The Morgan fingerprint density at radius 3 is 0.975 bits per heavy atom. The molecule has 1 aromatic heterocycles. The van der Waals surface area contributed by atoms with Crippen molar-refractivity contribution in [3.05, 3.63) is 213 Å². The topological polar surface area (TPSA) is 33.8 Å². The second-order valence-corrected chi connectivity index (χ2v) is 17.5. The summed E-state index contributed by atoms with van der Waals surface area (Å²) in [7, 11) is 0. The summed E-state index contributed by atoms with van der Waals surface area (Å²) in [5.41, 5.74) is -28.2. The number of nitrogens with zero attached hydrogens (tertiary/aromatic N) is 2. The lowest BCUT2D eigenvalue weighted by Crippen LogP contribution is -2.75. The maximum Gasteiger partial charge on any atom is 0.416 e. The average Bonchev–Trinajstić information content (AvgIpc) is 3.33. The van der Waals surface area contributed by atoms with Crippen molar-refractivity contribution in [3.8, 4) is 0 Å². The van der Waals surface area contributed by atoms with Gasteiger partial charge in [0.05, 0.1) is 50.7 Å². The van der Waals surface area contributed by atoms with Crippen LogP contribution in [0.25, 0.3) is 0 Å². The minimum atomic E-state index is -6.13. The lowest BCUT2D eigenvalue weighted by molar-refractivity contribution is -0.684. The van der Waals surface area contributed by atoms with E-state index in [1.165, 1.54) is 6.07 Å². The van der Waals surface area contributed by atoms with Gasteiger partial charge in [-0.2, -0.15) is 132 Å². The van der Waals surface area contributed by atoms with Crippen LogP contribution < -0.4 is 26.4 Å². The number of hydrogen-bond donors (Lipinski definition) is 0. The Morgan fingerprint density at radius 1 is 0.400 bits per heavy atom. The maximum absolute atomic E-state index is 14.2. The van der Waals surface area contributed by atoms with E-state index >= 15 is 0 Å². The van der Waals surface area contributed by atoms with Gasteiger partial charge in [-0.15, -0.1) is 0 Å². The number of rotatable bonds is 9. The van der Waals surface area contributed by atoms with Crippen LogP contribution in [0.1, 0.15) is 66.1 Å². The first kappa shape index (κ1) is 61.6. The molecule has 0 saturated carbocycles. The third-order valence-electron chi connectivity index (χ3n) is 12.0. The molecule has 0 atom stereocenters. The molecule has 0 saturated heterocycles. The molecule has 0 unspecified atom stereocenters. The Morgan fingerprint density at radius 2 is 0.688 bits per heavy atom. The molecule has 0 bridgehead atoms. The molecule has 1 heterocycles. The molecule has 0 radical (unpaired) electrons. The number of hydrogen-bond acceptors (Lipinski definition) is 2. The zero-order chi connectivity index (χ0) is 60.0. The van der Waals surface area contributed by atoms with Crippen LogP contribution in [0.2, 0.25) is 0 Å². The van der Waals surface area contributed by atoms with Crippen molar-refractivity contribution in [3.63, 3.8) is 0 Å². The van der Waals surface area contributed by atoms with Crippen molar-refractivity contribution in [2.24, 2.45) is 0 Å². The van der Waals surface area contributed by atoms with E-state index in [2.05, 4.69) is 4.98 Å². The van der Waals surface area contributed by atoms with Crippen LogP contribution in [-0.4, -0.2) is 16.9 Å². The van der Waals surface area contributed by atoms with Gasteiger partial charge in [0.1, 0.15) is 17.7 Å². The number of halogens is 25. The quantitative estimate of drug-likeness (QED) is 0.0625. The Kier molecular flexibility index (Phi) is 16.8. The van der Waals surface area contributed by atoms with Gasteiger partial charge in [0.2, 0.25) is 12.3 Å². The highest BCUT2D eigenvalue weighted by atomic mass is 19.4. The van der Waals surface area contributed by atoms with E-state index in [1.54, 1.807) is 53.5 Å². The second kappa shape index (κ2) is 21.8. The van der Waals surface area contributed by atoms with Crippen LogP contribution in [0.3, 0.4) is 0 Å². The Bertz CT molecular complexity index is 2930. The summed E-state index contributed by atoms with van der Waals surface area (Å²) in [6, 6.07) is 6.98. The first-order valence-corrected chi connectivity index (χ1v) is 22.0. The van der Waals surface area contributed by atoms with Gasteiger partial charge in [-0.25, -0.2) is 9.37 Å². The van der Waals surface area contributed by atoms with E-state index in [-0.39, 0.29) is 18.1 Å². The van der Waals surface area contributed by atoms with Gasteiger partial charge in [-0.1, -0.05) is 97.1 Å². The first-order valence-electron chi connectivity index (χ1n) is 22.0. The average molecular weight is 1170 g/mol. The van der Waals surface area contributed by atoms with Crippen LogP contribution in [0.15, 0.2) is 146 Å². The van der Waals surface area contributed by atoms with Gasteiger partial charge >= 0.3 is 49.4 Å². The van der Waals surface area contributed by atoms with Crippen molar-refractivity contribution in [1.29, 1.82) is 0 Å². The highest BCUT2D eigenvalue weighted by molar-refractivity contribution is 7.20. The minimum Gasteiger partial charge on any atom is -0.287 e. The molecule has 426 valence electrons. The van der Waals surface area contributed by atoms with Crippen LogP contribution >= 0.6 is 0 Å². The van der Waals surface area contributed by atoms with Crippen molar-refractivity contribution in [2.75, 3.05) is 0 Å². The molecule has 0 aliphatic heterocycles. The summed E-state index contributed by atoms with van der Waals surface area (Å²) in [4.78, 5) is 16.5. The number of carbonyl (C=O) groups is 1. The molecule has 0 aliphatic carbocycles. The Hall–Kier alpha value is -7.62. The smallest absolute Gasteiger partial charge is 0.287 e. The standard InChI is InChI=1S/C32H12BF24.C19H16FN2O/c34-25(35,36)13-1-14(26(37,38)39)6-21(5-13)33(22-7-15(27(40,41)42)2-16(8-22)28(43,44)45,23-9-17(29(46,47)48)3-18(10-23)30(49,50)51)24-11-19(31(52,53)54)4-20(12-24)32(55,56)57;20-18-9-5-4-8-16(18)12-17-13-22(11-10-21-17)14-19(23)15-6-2-1-3-7-15/h1-12H;1-11,13H,12,14H2/q-1;+1. The predicted molar refractivity (Wildman–Crippen MR) is 234 cm³/mol. The zero-order valence-electron chi connectivity index (χ0n) is 39.1.